The van der Waals surface area contributed by atoms with Crippen LogP contribution in [0.2, 0.25) is 0 Å². The van der Waals surface area contributed by atoms with Crippen LogP contribution in [-0.4, -0.2) is 25.5 Å². The van der Waals surface area contributed by atoms with E-state index in [9.17, 15) is 4.79 Å². The predicted octanol–water partition coefficient (Wildman–Crippen LogP) is 1.29. The van der Waals surface area contributed by atoms with E-state index in [-0.39, 0.29) is 0 Å². The van der Waals surface area contributed by atoms with E-state index in [4.69, 9.17) is 0 Å². The molecule has 0 aromatic rings. The Labute approximate surface area is 92.0 Å². The van der Waals surface area contributed by atoms with E-state index < -0.39 is 0 Å². The lowest BCUT2D eigenvalue weighted by Crippen LogP contribution is -2.45. The van der Waals surface area contributed by atoms with Gasteiger partial charge >= 0.3 is 0 Å². The van der Waals surface area contributed by atoms with E-state index in [0.29, 0.717) is 17.2 Å². The second kappa shape index (κ2) is 4.52. The molecule has 3 heteroatoms. The van der Waals surface area contributed by atoms with Crippen LogP contribution >= 0.6 is 0 Å². The second-order valence-corrected chi connectivity index (χ2v) is 5.41. The molecule has 0 atom stereocenters. The molecule has 2 fully saturated rings. The fourth-order valence-corrected chi connectivity index (χ4v) is 2.32. The zero-order valence-electron chi connectivity index (χ0n) is 9.64. The standard InChI is InChI=1S/C12H22N2O/c1-12(5-7-13-8-6-12)9-14-11(15)10-3-2-4-10/h10,13H,2-9H2,1H3,(H,14,15). The van der Waals surface area contributed by atoms with Gasteiger partial charge in [0.1, 0.15) is 0 Å². The van der Waals surface area contributed by atoms with Crippen molar-refractivity contribution in [1.29, 1.82) is 0 Å². The third kappa shape index (κ3) is 2.71. The Morgan fingerprint density at radius 1 is 1.40 bits per heavy atom. The molecule has 0 bridgehead atoms. The molecular formula is C12H22N2O. The van der Waals surface area contributed by atoms with Crippen LogP contribution in [0.3, 0.4) is 0 Å². The number of hydrogen-bond donors (Lipinski definition) is 2. The van der Waals surface area contributed by atoms with Gasteiger partial charge in [-0.05, 0) is 44.2 Å². The average molecular weight is 210 g/mol. The lowest BCUT2D eigenvalue weighted by molar-refractivity contribution is -0.127. The Morgan fingerprint density at radius 2 is 2.07 bits per heavy atom. The highest BCUT2D eigenvalue weighted by Gasteiger charge is 2.30. The van der Waals surface area contributed by atoms with Gasteiger partial charge in [0.05, 0.1) is 0 Å². The smallest absolute Gasteiger partial charge is 0.223 e. The molecule has 1 aliphatic heterocycles. The molecule has 0 unspecified atom stereocenters. The van der Waals surface area contributed by atoms with Crippen molar-refractivity contribution in [1.82, 2.24) is 10.6 Å². The third-order valence-electron chi connectivity index (χ3n) is 3.98. The number of carbonyl (C=O) groups is 1. The summed E-state index contributed by atoms with van der Waals surface area (Å²) in [7, 11) is 0. The molecule has 15 heavy (non-hydrogen) atoms. The summed E-state index contributed by atoms with van der Waals surface area (Å²) in [6.07, 6.45) is 5.80. The monoisotopic (exact) mass is 210 g/mol. The molecule has 1 heterocycles. The molecule has 1 aliphatic carbocycles. The topological polar surface area (TPSA) is 41.1 Å². The fourth-order valence-electron chi connectivity index (χ4n) is 2.32. The van der Waals surface area contributed by atoms with Crippen LogP contribution in [0.5, 0.6) is 0 Å². The van der Waals surface area contributed by atoms with Gasteiger partial charge < -0.3 is 10.6 Å². The zero-order valence-corrected chi connectivity index (χ0v) is 9.64. The van der Waals surface area contributed by atoms with Crippen LogP contribution in [0.4, 0.5) is 0 Å². The summed E-state index contributed by atoms with van der Waals surface area (Å²) < 4.78 is 0. The number of hydrogen-bond acceptors (Lipinski definition) is 2. The summed E-state index contributed by atoms with van der Waals surface area (Å²) in [6, 6.07) is 0. The molecule has 0 aromatic carbocycles. The molecule has 2 rings (SSSR count). The van der Waals surface area contributed by atoms with Gasteiger partial charge in [-0.1, -0.05) is 13.3 Å². The molecule has 3 nitrogen and oxygen atoms in total. The number of piperidine rings is 1. The van der Waals surface area contributed by atoms with Crippen LogP contribution in [0, 0.1) is 11.3 Å². The molecular weight excluding hydrogens is 188 g/mol. The van der Waals surface area contributed by atoms with Gasteiger partial charge in [-0.15, -0.1) is 0 Å². The SMILES string of the molecule is CC1(CNC(=O)C2CCC2)CCNCC1. The van der Waals surface area contributed by atoms with Gasteiger partial charge in [0.2, 0.25) is 5.91 Å². The molecule has 2 aliphatic rings. The van der Waals surface area contributed by atoms with Crippen molar-refractivity contribution < 1.29 is 4.79 Å². The number of carbonyl (C=O) groups excluding carboxylic acids is 1. The predicted molar refractivity (Wildman–Crippen MR) is 60.6 cm³/mol. The Morgan fingerprint density at radius 3 is 2.60 bits per heavy atom. The Bertz CT molecular complexity index is 230. The first-order valence-electron chi connectivity index (χ1n) is 6.18. The highest BCUT2D eigenvalue weighted by Crippen LogP contribution is 2.29. The molecule has 86 valence electrons. The van der Waals surface area contributed by atoms with Crippen molar-refractivity contribution in [3.8, 4) is 0 Å². The lowest BCUT2D eigenvalue weighted by atomic mass is 9.80. The van der Waals surface area contributed by atoms with Gasteiger partial charge in [-0.3, -0.25) is 4.79 Å². The third-order valence-corrected chi connectivity index (χ3v) is 3.98. The number of amides is 1. The maximum atomic E-state index is 11.7. The van der Waals surface area contributed by atoms with Crippen molar-refractivity contribution in [2.24, 2.45) is 11.3 Å². The fraction of sp³-hybridized carbons (Fsp3) is 0.917. The summed E-state index contributed by atoms with van der Waals surface area (Å²) in [5.41, 5.74) is 0.324. The van der Waals surface area contributed by atoms with Gasteiger partial charge in [0.15, 0.2) is 0 Å². The second-order valence-electron chi connectivity index (χ2n) is 5.41. The quantitative estimate of drug-likeness (QED) is 0.737. The average Bonchev–Trinajstić information content (AvgIpc) is 2.14. The lowest BCUT2D eigenvalue weighted by Gasteiger charge is -2.35. The van der Waals surface area contributed by atoms with Crippen molar-refractivity contribution in [2.75, 3.05) is 19.6 Å². The number of nitrogens with one attached hydrogen (secondary N) is 2. The largest absolute Gasteiger partial charge is 0.355 e. The van der Waals surface area contributed by atoms with Crippen molar-refractivity contribution in [2.45, 2.75) is 39.0 Å². The van der Waals surface area contributed by atoms with E-state index in [0.717, 1.165) is 32.5 Å². The van der Waals surface area contributed by atoms with Gasteiger partial charge in [0, 0.05) is 12.5 Å². The Hall–Kier alpha value is -0.570. The first-order valence-corrected chi connectivity index (χ1v) is 6.18. The van der Waals surface area contributed by atoms with Crippen molar-refractivity contribution >= 4 is 5.91 Å². The van der Waals surface area contributed by atoms with Gasteiger partial charge in [-0.2, -0.15) is 0 Å². The normalized spacial score (nSPS) is 25.7. The minimum Gasteiger partial charge on any atom is -0.355 e. The maximum Gasteiger partial charge on any atom is 0.223 e. The molecule has 0 radical (unpaired) electrons. The van der Waals surface area contributed by atoms with Gasteiger partial charge in [-0.25, -0.2) is 0 Å². The van der Waals surface area contributed by atoms with Crippen LogP contribution < -0.4 is 10.6 Å². The van der Waals surface area contributed by atoms with Crippen LogP contribution in [0.25, 0.3) is 0 Å². The Kier molecular flexibility index (Phi) is 3.29. The molecule has 1 saturated carbocycles. The first-order chi connectivity index (χ1) is 7.20. The molecule has 2 N–H and O–H groups in total. The summed E-state index contributed by atoms with van der Waals surface area (Å²) in [5, 5.41) is 6.49. The van der Waals surface area contributed by atoms with E-state index in [1.165, 1.54) is 19.3 Å². The van der Waals surface area contributed by atoms with Crippen molar-refractivity contribution in [3.05, 3.63) is 0 Å². The zero-order chi connectivity index (χ0) is 10.7. The van der Waals surface area contributed by atoms with E-state index >= 15 is 0 Å². The molecule has 0 spiro atoms. The summed E-state index contributed by atoms with van der Waals surface area (Å²) in [4.78, 5) is 11.7. The number of rotatable bonds is 3. The highest BCUT2D eigenvalue weighted by atomic mass is 16.1. The summed E-state index contributed by atoms with van der Waals surface area (Å²) >= 11 is 0. The molecule has 0 aromatic heterocycles. The minimum absolute atomic E-state index is 0.293. The van der Waals surface area contributed by atoms with Crippen LogP contribution in [0.15, 0.2) is 0 Å². The first kappa shape index (κ1) is 10.9. The summed E-state index contributed by atoms with van der Waals surface area (Å²) in [5.74, 6) is 0.622. The van der Waals surface area contributed by atoms with E-state index in [1.807, 2.05) is 0 Å². The molecule has 1 saturated heterocycles. The van der Waals surface area contributed by atoms with Crippen LogP contribution in [-0.2, 0) is 4.79 Å². The minimum atomic E-state index is 0.293. The van der Waals surface area contributed by atoms with Gasteiger partial charge in [0.25, 0.3) is 0 Å². The molecule has 1 amide bonds. The van der Waals surface area contributed by atoms with E-state index in [1.54, 1.807) is 0 Å². The Balaban J connectivity index is 1.73. The van der Waals surface area contributed by atoms with E-state index in [2.05, 4.69) is 17.6 Å². The van der Waals surface area contributed by atoms with Crippen LogP contribution in [0.1, 0.15) is 39.0 Å². The summed E-state index contributed by atoms with van der Waals surface area (Å²) in [6.45, 7) is 5.34. The highest BCUT2D eigenvalue weighted by molar-refractivity contribution is 5.79. The van der Waals surface area contributed by atoms with Crippen molar-refractivity contribution in [3.63, 3.8) is 0 Å². The maximum absolute atomic E-state index is 11.7.